The molecule has 0 radical (unpaired) electrons. The monoisotopic (exact) mass is 246 g/mol. The molecule has 0 spiro atoms. The number of rotatable bonds is 5. The summed E-state index contributed by atoms with van der Waals surface area (Å²) < 4.78 is 18.0. The quantitative estimate of drug-likeness (QED) is 0.868. The van der Waals surface area contributed by atoms with Crippen LogP contribution >= 0.6 is 11.6 Å². The number of aliphatic carboxylic acids is 1. The molecule has 0 saturated heterocycles. The molecule has 0 saturated carbocycles. The Morgan fingerprint density at radius 1 is 1.62 bits per heavy atom. The molecule has 1 N–H and O–H groups in total. The van der Waals surface area contributed by atoms with E-state index in [1.54, 1.807) is 0 Å². The highest BCUT2D eigenvalue weighted by molar-refractivity contribution is 6.30. The second kappa shape index (κ2) is 5.70. The lowest BCUT2D eigenvalue weighted by atomic mass is 10.2. The van der Waals surface area contributed by atoms with Crippen molar-refractivity contribution in [1.82, 2.24) is 0 Å². The molecule has 1 unspecified atom stereocenters. The Morgan fingerprint density at radius 2 is 2.31 bits per heavy atom. The molecule has 3 nitrogen and oxygen atoms in total. The first-order valence-corrected chi connectivity index (χ1v) is 5.27. The Balaban J connectivity index is 2.77. The number of carbonyl (C=O) groups is 1. The number of hydrogen-bond acceptors (Lipinski definition) is 2. The van der Waals surface area contributed by atoms with Gasteiger partial charge in [-0.05, 0) is 18.6 Å². The minimum Gasteiger partial charge on any atom is -0.479 e. The zero-order valence-corrected chi connectivity index (χ0v) is 9.50. The molecule has 1 aromatic carbocycles. The standard InChI is InChI=1S/C11H12ClFO3/c1-2-3-10(11(14)15)16-7-4-5-9(13)8(12)6-7/h4-6,10H,2-3H2,1H3,(H,14,15). The summed E-state index contributed by atoms with van der Waals surface area (Å²) in [5.74, 6) is -1.34. The van der Waals surface area contributed by atoms with E-state index < -0.39 is 17.9 Å². The van der Waals surface area contributed by atoms with E-state index in [0.717, 1.165) is 6.07 Å². The van der Waals surface area contributed by atoms with Gasteiger partial charge in [-0.3, -0.25) is 0 Å². The third-order valence-corrected chi connectivity index (χ3v) is 2.29. The normalized spacial score (nSPS) is 12.2. The maximum absolute atomic E-state index is 12.8. The average molecular weight is 247 g/mol. The smallest absolute Gasteiger partial charge is 0.344 e. The molecule has 0 amide bonds. The Hall–Kier alpha value is -1.29. The van der Waals surface area contributed by atoms with E-state index in [9.17, 15) is 9.18 Å². The van der Waals surface area contributed by atoms with Crippen molar-refractivity contribution < 1.29 is 19.0 Å². The van der Waals surface area contributed by atoms with Crippen LogP contribution < -0.4 is 4.74 Å². The van der Waals surface area contributed by atoms with Gasteiger partial charge in [-0.2, -0.15) is 0 Å². The second-order valence-electron chi connectivity index (χ2n) is 3.31. The van der Waals surface area contributed by atoms with Crippen LogP contribution in [0.15, 0.2) is 18.2 Å². The minimum atomic E-state index is -1.04. The largest absolute Gasteiger partial charge is 0.479 e. The summed E-state index contributed by atoms with van der Waals surface area (Å²) in [6.45, 7) is 1.86. The highest BCUT2D eigenvalue weighted by atomic mass is 35.5. The average Bonchev–Trinajstić information content (AvgIpc) is 2.22. The van der Waals surface area contributed by atoms with Crippen LogP contribution in [0.25, 0.3) is 0 Å². The van der Waals surface area contributed by atoms with Gasteiger partial charge in [-0.1, -0.05) is 24.9 Å². The Labute approximate surface area is 97.8 Å². The molecule has 1 atom stereocenters. The molecule has 0 aliphatic rings. The molecule has 88 valence electrons. The van der Waals surface area contributed by atoms with Gasteiger partial charge in [0.25, 0.3) is 0 Å². The van der Waals surface area contributed by atoms with Gasteiger partial charge in [-0.15, -0.1) is 0 Å². The number of ether oxygens (including phenoxy) is 1. The van der Waals surface area contributed by atoms with Crippen LogP contribution in [0.2, 0.25) is 5.02 Å². The zero-order chi connectivity index (χ0) is 12.1. The molecule has 0 bridgehead atoms. The van der Waals surface area contributed by atoms with E-state index in [2.05, 4.69) is 0 Å². The van der Waals surface area contributed by atoms with Crippen LogP contribution in [0.4, 0.5) is 4.39 Å². The van der Waals surface area contributed by atoms with Crippen molar-refractivity contribution in [2.75, 3.05) is 0 Å². The van der Waals surface area contributed by atoms with Crippen molar-refractivity contribution in [1.29, 1.82) is 0 Å². The predicted molar refractivity (Wildman–Crippen MR) is 58.4 cm³/mol. The Bertz CT molecular complexity index is 381. The fraction of sp³-hybridized carbons (Fsp3) is 0.364. The fourth-order valence-corrected chi connectivity index (χ4v) is 1.38. The van der Waals surface area contributed by atoms with Gasteiger partial charge in [0.15, 0.2) is 6.10 Å². The van der Waals surface area contributed by atoms with Gasteiger partial charge in [0.05, 0.1) is 5.02 Å². The van der Waals surface area contributed by atoms with E-state index in [4.69, 9.17) is 21.4 Å². The first-order chi connectivity index (χ1) is 7.54. The maximum atomic E-state index is 12.8. The molecule has 0 fully saturated rings. The fourth-order valence-electron chi connectivity index (χ4n) is 1.21. The number of hydrogen-bond donors (Lipinski definition) is 1. The van der Waals surface area contributed by atoms with Crippen LogP contribution in [-0.2, 0) is 4.79 Å². The van der Waals surface area contributed by atoms with Crippen molar-refractivity contribution in [3.05, 3.63) is 29.0 Å². The summed E-state index contributed by atoms with van der Waals surface area (Å²) >= 11 is 5.55. The van der Waals surface area contributed by atoms with Crippen molar-refractivity contribution in [3.8, 4) is 5.75 Å². The number of carboxylic acid groups (broad SMARTS) is 1. The van der Waals surface area contributed by atoms with Crippen LogP contribution in [0.3, 0.4) is 0 Å². The van der Waals surface area contributed by atoms with Gasteiger partial charge in [-0.25, -0.2) is 9.18 Å². The Morgan fingerprint density at radius 3 is 2.81 bits per heavy atom. The highest BCUT2D eigenvalue weighted by Gasteiger charge is 2.18. The van der Waals surface area contributed by atoms with Gasteiger partial charge < -0.3 is 9.84 Å². The molecular weight excluding hydrogens is 235 g/mol. The van der Waals surface area contributed by atoms with E-state index >= 15 is 0 Å². The van der Waals surface area contributed by atoms with E-state index in [0.29, 0.717) is 12.8 Å². The molecule has 0 aliphatic heterocycles. The molecular formula is C11H12ClFO3. The second-order valence-corrected chi connectivity index (χ2v) is 3.72. The predicted octanol–water partition coefficient (Wildman–Crippen LogP) is 3.11. The van der Waals surface area contributed by atoms with Crippen LogP contribution in [0, 0.1) is 5.82 Å². The van der Waals surface area contributed by atoms with Crippen molar-refractivity contribution in [2.24, 2.45) is 0 Å². The molecule has 0 heterocycles. The lowest BCUT2D eigenvalue weighted by Crippen LogP contribution is -2.26. The first kappa shape index (κ1) is 12.8. The molecule has 0 aliphatic carbocycles. The lowest BCUT2D eigenvalue weighted by Gasteiger charge is -2.14. The van der Waals surface area contributed by atoms with Gasteiger partial charge >= 0.3 is 5.97 Å². The summed E-state index contributed by atoms with van der Waals surface area (Å²) in [5.41, 5.74) is 0. The molecule has 1 rings (SSSR count). The van der Waals surface area contributed by atoms with Gasteiger partial charge in [0.1, 0.15) is 11.6 Å². The third-order valence-electron chi connectivity index (χ3n) is 2.00. The third kappa shape index (κ3) is 3.38. The van der Waals surface area contributed by atoms with Crippen molar-refractivity contribution in [2.45, 2.75) is 25.9 Å². The van der Waals surface area contributed by atoms with E-state index in [1.165, 1.54) is 12.1 Å². The van der Waals surface area contributed by atoms with E-state index in [1.807, 2.05) is 6.92 Å². The number of benzene rings is 1. The first-order valence-electron chi connectivity index (χ1n) is 4.89. The van der Waals surface area contributed by atoms with Crippen molar-refractivity contribution in [3.63, 3.8) is 0 Å². The summed E-state index contributed by atoms with van der Waals surface area (Å²) in [5, 5.41) is 8.77. The maximum Gasteiger partial charge on any atom is 0.344 e. The van der Waals surface area contributed by atoms with Crippen molar-refractivity contribution >= 4 is 17.6 Å². The Kier molecular flexibility index (Phi) is 4.55. The summed E-state index contributed by atoms with van der Waals surface area (Å²) in [6, 6.07) is 3.76. The minimum absolute atomic E-state index is 0.0851. The van der Waals surface area contributed by atoms with Gasteiger partial charge in [0.2, 0.25) is 0 Å². The molecule has 5 heteroatoms. The molecule has 16 heavy (non-hydrogen) atoms. The van der Waals surface area contributed by atoms with Gasteiger partial charge in [0, 0.05) is 6.07 Å². The zero-order valence-electron chi connectivity index (χ0n) is 8.74. The molecule has 1 aromatic rings. The van der Waals surface area contributed by atoms with Crippen LogP contribution in [0.1, 0.15) is 19.8 Å². The van der Waals surface area contributed by atoms with Crippen LogP contribution in [0.5, 0.6) is 5.75 Å². The SMILES string of the molecule is CCCC(Oc1ccc(F)c(Cl)c1)C(=O)O. The highest BCUT2D eigenvalue weighted by Crippen LogP contribution is 2.22. The van der Waals surface area contributed by atoms with Crippen LogP contribution in [-0.4, -0.2) is 17.2 Å². The summed E-state index contributed by atoms with van der Waals surface area (Å²) in [4.78, 5) is 10.8. The number of carboxylic acids is 1. The number of halogens is 2. The lowest BCUT2D eigenvalue weighted by molar-refractivity contribution is -0.145. The summed E-state index contributed by atoms with van der Waals surface area (Å²) in [7, 11) is 0. The van der Waals surface area contributed by atoms with E-state index in [-0.39, 0.29) is 10.8 Å². The topological polar surface area (TPSA) is 46.5 Å². The summed E-state index contributed by atoms with van der Waals surface area (Å²) in [6.07, 6.45) is 0.155. The molecule has 0 aromatic heterocycles.